The Balaban J connectivity index is 0.00000121. The van der Waals surface area contributed by atoms with Crippen molar-refractivity contribution in [3.8, 4) is 11.1 Å². The highest BCUT2D eigenvalue weighted by Crippen LogP contribution is 2.33. The number of nitrogens with zero attached hydrogens (tertiary/aromatic N) is 1. The van der Waals surface area contributed by atoms with Crippen LogP contribution in [0.15, 0.2) is 60.8 Å². The van der Waals surface area contributed by atoms with Crippen LogP contribution in [0.2, 0.25) is 0 Å². The van der Waals surface area contributed by atoms with Crippen LogP contribution >= 0.6 is 24.8 Å². The molecule has 1 aliphatic heterocycles. The molecular formula is C21H23Cl2FN2. The van der Waals surface area contributed by atoms with E-state index in [2.05, 4.69) is 22.4 Å². The average Bonchev–Trinajstić information content (AvgIpc) is 2.68. The third-order valence-electron chi connectivity index (χ3n) is 4.95. The zero-order valence-corrected chi connectivity index (χ0v) is 16.0. The van der Waals surface area contributed by atoms with Crippen LogP contribution in [0.3, 0.4) is 0 Å². The Morgan fingerprint density at radius 3 is 2.35 bits per heavy atom. The van der Waals surface area contributed by atoms with Crippen LogP contribution in [0, 0.1) is 5.92 Å². The van der Waals surface area contributed by atoms with Crippen molar-refractivity contribution in [2.75, 3.05) is 13.1 Å². The lowest BCUT2D eigenvalue weighted by Crippen LogP contribution is -2.29. The Kier molecular flexibility index (Phi) is 7.39. The van der Waals surface area contributed by atoms with Crippen LogP contribution in [-0.2, 0) is 0 Å². The number of piperidine rings is 1. The number of hydrogen-bond donors (Lipinski definition) is 1. The second-order valence-electron chi connectivity index (χ2n) is 6.53. The summed E-state index contributed by atoms with van der Waals surface area (Å²) in [4.78, 5) is 4.51. The minimum Gasteiger partial charge on any atom is -0.317 e. The Morgan fingerprint density at radius 2 is 1.62 bits per heavy atom. The summed E-state index contributed by atoms with van der Waals surface area (Å²) in [6.45, 7) is 1.85. The molecule has 0 spiro atoms. The smallest absolute Gasteiger partial charge is 0.128 e. The number of aromatic nitrogens is 1. The molecule has 1 aliphatic rings. The topological polar surface area (TPSA) is 24.9 Å². The average molecular weight is 393 g/mol. The molecule has 2 nitrogen and oxygen atoms in total. The number of alkyl halides is 1. The van der Waals surface area contributed by atoms with E-state index >= 15 is 0 Å². The SMILES string of the molecule is Cl.Cl.FC(c1ccc(-c2cnc3ccccc3c2)cc1)C1CCNCC1. The van der Waals surface area contributed by atoms with Crippen LogP contribution < -0.4 is 5.32 Å². The molecule has 0 amide bonds. The first-order chi connectivity index (χ1) is 11.8. The van der Waals surface area contributed by atoms with Crippen LogP contribution in [0.5, 0.6) is 0 Å². The first-order valence-corrected chi connectivity index (χ1v) is 8.61. The molecule has 1 fully saturated rings. The Labute approximate surface area is 166 Å². The van der Waals surface area contributed by atoms with Crippen molar-refractivity contribution in [2.45, 2.75) is 19.0 Å². The minimum absolute atomic E-state index is 0. The van der Waals surface area contributed by atoms with Gasteiger partial charge in [0.1, 0.15) is 6.17 Å². The fourth-order valence-corrected chi connectivity index (χ4v) is 3.50. The molecule has 0 bridgehead atoms. The van der Waals surface area contributed by atoms with Crippen molar-refractivity contribution in [1.29, 1.82) is 0 Å². The van der Waals surface area contributed by atoms with E-state index in [1.807, 2.05) is 48.7 Å². The van der Waals surface area contributed by atoms with Gasteiger partial charge in [0.05, 0.1) is 5.52 Å². The summed E-state index contributed by atoms with van der Waals surface area (Å²) in [5.74, 6) is 0.138. The Bertz CT molecular complexity index is 833. The second-order valence-corrected chi connectivity index (χ2v) is 6.53. The van der Waals surface area contributed by atoms with Gasteiger partial charge in [-0.15, -0.1) is 24.8 Å². The first-order valence-electron chi connectivity index (χ1n) is 8.61. The van der Waals surface area contributed by atoms with Crippen LogP contribution in [-0.4, -0.2) is 18.1 Å². The predicted molar refractivity (Wildman–Crippen MR) is 111 cm³/mol. The van der Waals surface area contributed by atoms with E-state index in [1.54, 1.807) is 0 Å². The van der Waals surface area contributed by atoms with Gasteiger partial charge in [-0.25, -0.2) is 4.39 Å². The van der Waals surface area contributed by atoms with Crippen LogP contribution in [0.4, 0.5) is 4.39 Å². The van der Waals surface area contributed by atoms with Gasteiger partial charge in [0, 0.05) is 17.1 Å². The van der Waals surface area contributed by atoms with Gasteiger partial charge in [0.2, 0.25) is 0 Å². The lowest BCUT2D eigenvalue weighted by Gasteiger charge is -2.26. The monoisotopic (exact) mass is 392 g/mol. The lowest BCUT2D eigenvalue weighted by molar-refractivity contribution is 0.190. The van der Waals surface area contributed by atoms with Gasteiger partial charge >= 0.3 is 0 Å². The van der Waals surface area contributed by atoms with Crippen molar-refractivity contribution in [3.63, 3.8) is 0 Å². The summed E-state index contributed by atoms with van der Waals surface area (Å²) in [7, 11) is 0. The highest BCUT2D eigenvalue weighted by Gasteiger charge is 2.24. The predicted octanol–water partition coefficient (Wildman–Crippen LogP) is 5.76. The summed E-state index contributed by atoms with van der Waals surface area (Å²) < 4.78 is 14.7. The molecule has 1 saturated heterocycles. The van der Waals surface area contributed by atoms with E-state index in [1.165, 1.54) is 0 Å². The highest BCUT2D eigenvalue weighted by molar-refractivity contribution is 5.85. The number of nitrogens with one attached hydrogen (secondary N) is 1. The second kappa shape index (κ2) is 9.31. The van der Waals surface area contributed by atoms with Crippen molar-refractivity contribution in [3.05, 3.63) is 66.4 Å². The highest BCUT2D eigenvalue weighted by atomic mass is 35.5. The van der Waals surface area contributed by atoms with Gasteiger partial charge in [0.25, 0.3) is 0 Å². The summed E-state index contributed by atoms with van der Waals surface area (Å²) in [5, 5.41) is 4.41. The molecule has 5 heteroatoms. The molecule has 4 rings (SSSR count). The molecule has 2 aromatic carbocycles. The zero-order chi connectivity index (χ0) is 16.4. The number of halogens is 3. The van der Waals surface area contributed by atoms with Gasteiger partial charge in [0.15, 0.2) is 0 Å². The van der Waals surface area contributed by atoms with Crippen molar-refractivity contribution >= 4 is 35.7 Å². The number of fused-ring (bicyclic) bond motifs is 1. The Hall–Kier alpha value is -1.68. The number of pyridine rings is 1. The quantitative estimate of drug-likeness (QED) is 0.612. The number of para-hydroxylation sites is 1. The fraction of sp³-hybridized carbons (Fsp3) is 0.286. The molecule has 26 heavy (non-hydrogen) atoms. The summed E-state index contributed by atoms with van der Waals surface area (Å²) in [6, 6.07) is 18.1. The first kappa shape index (κ1) is 20.6. The molecule has 0 aliphatic carbocycles. The molecular weight excluding hydrogens is 370 g/mol. The summed E-state index contributed by atoms with van der Waals surface area (Å²) in [6.07, 6.45) is 2.85. The van der Waals surface area contributed by atoms with Gasteiger partial charge < -0.3 is 5.32 Å². The minimum atomic E-state index is -0.865. The van der Waals surface area contributed by atoms with E-state index in [4.69, 9.17) is 0 Å². The molecule has 3 aromatic rings. The molecule has 2 heterocycles. The van der Waals surface area contributed by atoms with Crippen molar-refractivity contribution in [2.24, 2.45) is 5.92 Å². The van der Waals surface area contributed by atoms with Crippen LogP contribution in [0.1, 0.15) is 24.6 Å². The molecule has 138 valence electrons. The van der Waals surface area contributed by atoms with Gasteiger partial charge in [-0.05, 0) is 55.1 Å². The maximum atomic E-state index is 14.7. The third kappa shape index (κ3) is 4.35. The number of benzene rings is 2. The van der Waals surface area contributed by atoms with E-state index in [0.29, 0.717) is 0 Å². The van der Waals surface area contributed by atoms with E-state index in [-0.39, 0.29) is 30.7 Å². The summed E-state index contributed by atoms with van der Waals surface area (Å²) in [5.41, 5.74) is 3.93. The standard InChI is InChI=1S/C21H21FN2.2ClH/c22-21(17-9-11-23-12-10-17)16-7-5-15(6-8-16)19-13-18-3-1-2-4-20(18)24-14-19;;/h1-8,13-14,17,21,23H,9-12H2;2*1H. The zero-order valence-electron chi connectivity index (χ0n) is 14.4. The van der Waals surface area contributed by atoms with Gasteiger partial charge in [-0.3, -0.25) is 4.98 Å². The molecule has 1 N–H and O–H groups in total. The largest absolute Gasteiger partial charge is 0.317 e. The van der Waals surface area contributed by atoms with Crippen LogP contribution in [0.25, 0.3) is 22.0 Å². The van der Waals surface area contributed by atoms with E-state index in [9.17, 15) is 4.39 Å². The maximum absolute atomic E-state index is 14.7. The van der Waals surface area contributed by atoms with Crippen molar-refractivity contribution < 1.29 is 4.39 Å². The fourth-order valence-electron chi connectivity index (χ4n) is 3.50. The van der Waals surface area contributed by atoms with Gasteiger partial charge in [-0.1, -0.05) is 42.5 Å². The molecule has 1 atom stereocenters. The van der Waals surface area contributed by atoms with Gasteiger partial charge in [-0.2, -0.15) is 0 Å². The molecule has 1 unspecified atom stereocenters. The molecule has 0 saturated carbocycles. The maximum Gasteiger partial charge on any atom is 0.128 e. The lowest BCUT2D eigenvalue weighted by atomic mass is 9.88. The van der Waals surface area contributed by atoms with E-state index < -0.39 is 6.17 Å². The van der Waals surface area contributed by atoms with Crippen molar-refractivity contribution in [1.82, 2.24) is 10.3 Å². The summed E-state index contributed by atoms with van der Waals surface area (Å²) >= 11 is 0. The molecule has 0 radical (unpaired) electrons. The molecule has 1 aromatic heterocycles. The number of rotatable bonds is 3. The number of hydrogen-bond acceptors (Lipinski definition) is 2. The van der Waals surface area contributed by atoms with E-state index in [0.717, 1.165) is 53.5 Å². The third-order valence-corrected chi connectivity index (χ3v) is 4.95. The normalized spacial score (nSPS) is 15.7. The Morgan fingerprint density at radius 1 is 0.923 bits per heavy atom.